The van der Waals surface area contributed by atoms with Gasteiger partial charge in [0.2, 0.25) is 0 Å². The van der Waals surface area contributed by atoms with Crippen molar-refractivity contribution < 1.29 is 17.6 Å². The van der Waals surface area contributed by atoms with Crippen LogP contribution in [0, 0.1) is 0 Å². The molecule has 0 fully saturated rings. The van der Waals surface area contributed by atoms with Crippen molar-refractivity contribution in [3.8, 4) is 0 Å². The Morgan fingerprint density at radius 2 is 1.54 bits per heavy atom. The normalized spacial score (nSPS) is 13.4. The van der Waals surface area contributed by atoms with Crippen LogP contribution in [0.5, 0.6) is 0 Å². The van der Waals surface area contributed by atoms with Crippen molar-refractivity contribution in [3.05, 3.63) is 0 Å². The first-order chi connectivity index (χ1) is 5.81. The van der Waals surface area contributed by atoms with E-state index in [1.807, 2.05) is 6.92 Å². The maximum Gasteiger partial charge on any atom is 0.362 e. The molecule has 0 saturated heterocycles. The summed E-state index contributed by atoms with van der Waals surface area (Å²) in [5, 5.41) is 0. The zero-order valence-corrected chi connectivity index (χ0v) is 7.62. The van der Waals surface area contributed by atoms with Gasteiger partial charge in [-0.1, -0.05) is 26.2 Å². The van der Waals surface area contributed by atoms with Gasteiger partial charge in [0.1, 0.15) is 0 Å². The molecule has 0 unspecified atom stereocenters. The summed E-state index contributed by atoms with van der Waals surface area (Å²) < 4.78 is 49.0. The monoisotopic (exact) mass is 201 g/mol. The molecule has 0 aliphatic rings. The van der Waals surface area contributed by atoms with Crippen molar-refractivity contribution in [2.24, 2.45) is 5.73 Å². The van der Waals surface area contributed by atoms with Gasteiger partial charge in [0.15, 0.2) is 0 Å². The molecule has 0 rings (SSSR count). The third-order valence-corrected chi connectivity index (χ3v) is 1.83. The molecule has 0 heterocycles. The van der Waals surface area contributed by atoms with E-state index in [4.69, 9.17) is 0 Å². The molecule has 0 aliphatic heterocycles. The molecular formula is C8H15F4N. The first-order valence-corrected chi connectivity index (χ1v) is 4.36. The Labute approximate surface area is 75.3 Å². The van der Waals surface area contributed by atoms with Crippen LogP contribution in [0.4, 0.5) is 17.6 Å². The second-order valence-corrected chi connectivity index (χ2v) is 3.14. The molecule has 0 saturated carbocycles. The first-order valence-electron chi connectivity index (χ1n) is 4.36. The minimum atomic E-state index is -4.39. The lowest BCUT2D eigenvalue weighted by atomic mass is 10.1. The molecule has 0 aromatic carbocycles. The van der Waals surface area contributed by atoms with Gasteiger partial charge >= 0.3 is 12.0 Å². The number of alkyl halides is 4. The molecule has 0 radical (unpaired) electrons. The highest BCUT2D eigenvalue weighted by Gasteiger charge is 2.52. The summed E-state index contributed by atoms with van der Waals surface area (Å²) in [6, 6.07) is -4.39. The van der Waals surface area contributed by atoms with Crippen LogP contribution in [0.2, 0.25) is 0 Å². The zero-order chi connectivity index (χ0) is 10.5. The van der Waals surface area contributed by atoms with Gasteiger partial charge in [-0.05, 0) is 6.42 Å². The van der Waals surface area contributed by atoms with Gasteiger partial charge < -0.3 is 0 Å². The Hall–Kier alpha value is -0.320. The fourth-order valence-corrected chi connectivity index (χ4v) is 0.940. The van der Waals surface area contributed by atoms with Crippen molar-refractivity contribution in [1.82, 2.24) is 0 Å². The molecule has 0 aromatic rings. The second kappa shape index (κ2) is 4.79. The lowest BCUT2D eigenvalue weighted by molar-refractivity contribution is -0.208. The predicted octanol–water partition coefficient (Wildman–Crippen LogP) is 3.14. The summed E-state index contributed by atoms with van der Waals surface area (Å²) in [5.74, 6) is -4.07. The molecule has 0 bridgehead atoms. The fourth-order valence-electron chi connectivity index (χ4n) is 0.940. The van der Waals surface area contributed by atoms with Crippen molar-refractivity contribution in [2.45, 2.75) is 51.0 Å². The highest BCUT2D eigenvalue weighted by molar-refractivity contribution is 4.78. The van der Waals surface area contributed by atoms with Crippen LogP contribution in [0.3, 0.4) is 0 Å². The van der Waals surface area contributed by atoms with E-state index in [1.54, 1.807) is 0 Å². The van der Waals surface area contributed by atoms with E-state index in [2.05, 4.69) is 5.73 Å². The molecule has 2 N–H and O–H groups in total. The van der Waals surface area contributed by atoms with Gasteiger partial charge in [-0.25, -0.2) is 0 Å². The SMILES string of the molecule is CCCCCCC(F)(F)C(N)(F)F. The molecule has 0 atom stereocenters. The number of nitrogens with two attached hydrogens (primary N) is 1. The topological polar surface area (TPSA) is 26.0 Å². The molecular weight excluding hydrogens is 186 g/mol. The lowest BCUT2D eigenvalue weighted by Gasteiger charge is -2.22. The number of rotatable bonds is 6. The Morgan fingerprint density at radius 1 is 1.00 bits per heavy atom. The molecule has 13 heavy (non-hydrogen) atoms. The van der Waals surface area contributed by atoms with Crippen LogP contribution in [0.1, 0.15) is 39.0 Å². The van der Waals surface area contributed by atoms with Gasteiger partial charge in [0.05, 0.1) is 0 Å². The minimum absolute atomic E-state index is 0.0909. The van der Waals surface area contributed by atoms with Gasteiger partial charge in [-0.2, -0.15) is 17.6 Å². The highest BCUT2D eigenvalue weighted by Crippen LogP contribution is 2.34. The van der Waals surface area contributed by atoms with Crippen molar-refractivity contribution >= 4 is 0 Å². The molecule has 0 amide bonds. The number of hydrogen-bond donors (Lipinski definition) is 1. The Morgan fingerprint density at radius 3 is 1.92 bits per heavy atom. The molecule has 1 nitrogen and oxygen atoms in total. The van der Waals surface area contributed by atoms with Crippen LogP contribution < -0.4 is 5.73 Å². The molecule has 80 valence electrons. The van der Waals surface area contributed by atoms with E-state index in [0.717, 1.165) is 12.8 Å². The molecule has 0 aliphatic carbocycles. The van der Waals surface area contributed by atoms with Crippen molar-refractivity contribution in [3.63, 3.8) is 0 Å². The van der Waals surface area contributed by atoms with E-state index >= 15 is 0 Å². The first kappa shape index (κ1) is 12.7. The summed E-state index contributed by atoms with van der Waals surface area (Å²) in [5.41, 5.74) is 4.04. The Kier molecular flexibility index (Phi) is 4.67. The van der Waals surface area contributed by atoms with Crippen LogP contribution in [0.15, 0.2) is 0 Å². The zero-order valence-electron chi connectivity index (χ0n) is 7.62. The molecule has 5 heteroatoms. The van der Waals surface area contributed by atoms with Gasteiger partial charge in [-0.3, -0.25) is 5.73 Å². The number of hydrogen-bond acceptors (Lipinski definition) is 1. The Bertz CT molecular complexity index is 142. The van der Waals surface area contributed by atoms with E-state index in [-0.39, 0.29) is 6.42 Å². The number of halogens is 4. The van der Waals surface area contributed by atoms with Crippen LogP contribution in [-0.2, 0) is 0 Å². The smallest absolute Gasteiger partial charge is 0.267 e. The van der Waals surface area contributed by atoms with Gasteiger partial charge in [-0.15, -0.1) is 0 Å². The van der Waals surface area contributed by atoms with Crippen LogP contribution >= 0.6 is 0 Å². The maximum atomic E-state index is 12.5. The second-order valence-electron chi connectivity index (χ2n) is 3.14. The third kappa shape index (κ3) is 4.45. The maximum absolute atomic E-state index is 12.5. The standard InChI is InChI=1S/C8H15F4N/c1-2-3-4-5-6-7(9,10)8(11,12)13/h2-6,13H2,1H3. The summed E-state index contributed by atoms with van der Waals surface area (Å²) in [7, 11) is 0. The summed E-state index contributed by atoms with van der Waals surface area (Å²) >= 11 is 0. The van der Waals surface area contributed by atoms with Gasteiger partial charge in [0.25, 0.3) is 0 Å². The molecule has 0 aromatic heterocycles. The largest absolute Gasteiger partial charge is 0.362 e. The quantitative estimate of drug-likeness (QED) is 0.398. The third-order valence-electron chi connectivity index (χ3n) is 1.83. The van der Waals surface area contributed by atoms with E-state index in [0.29, 0.717) is 6.42 Å². The number of unbranched alkanes of at least 4 members (excludes halogenated alkanes) is 3. The highest BCUT2D eigenvalue weighted by atomic mass is 19.3. The van der Waals surface area contributed by atoms with Crippen molar-refractivity contribution in [2.75, 3.05) is 0 Å². The predicted molar refractivity (Wildman–Crippen MR) is 42.8 cm³/mol. The molecule has 0 spiro atoms. The average Bonchev–Trinajstić information content (AvgIpc) is 1.96. The van der Waals surface area contributed by atoms with E-state index in [1.165, 1.54) is 0 Å². The lowest BCUT2D eigenvalue weighted by Crippen LogP contribution is -2.48. The van der Waals surface area contributed by atoms with Crippen LogP contribution in [0.25, 0.3) is 0 Å². The minimum Gasteiger partial charge on any atom is -0.267 e. The van der Waals surface area contributed by atoms with Crippen molar-refractivity contribution in [1.29, 1.82) is 0 Å². The van der Waals surface area contributed by atoms with Crippen LogP contribution in [-0.4, -0.2) is 12.0 Å². The average molecular weight is 201 g/mol. The summed E-state index contributed by atoms with van der Waals surface area (Å²) in [6.45, 7) is 1.91. The Balaban J connectivity index is 3.77. The van der Waals surface area contributed by atoms with E-state index < -0.39 is 18.4 Å². The summed E-state index contributed by atoms with van der Waals surface area (Å²) in [4.78, 5) is 0. The summed E-state index contributed by atoms with van der Waals surface area (Å²) in [6.07, 6.45) is 1.46. The van der Waals surface area contributed by atoms with E-state index in [9.17, 15) is 17.6 Å². The van der Waals surface area contributed by atoms with Gasteiger partial charge in [0, 0.05) is 6.42 Å². The fraction of sp³-hybridized carbons (Fsp3) is 1.00.